The molecule has 25 heavy (non-hydrogen) atoms. The van der Waals surface area contributed by atoms with Crippen LogP contribution in [-0.2, 0) is 17.6 Å². The third-order valence-electron chi connectivity index (χ3n) is 5.31. The molecule has 1 fully saturated rings. The Morgan fingerprint density at radius 1 is 1.20 bits per heavy atom. The van der Waals surface area contributed by atoms with Gasteiger partial charge in [-0.15, -0.1) is 0 Å². The number of rotatable bonds is 6. The zero-order valence-corrected chi connectivity index (χ0v) is 15.2. The molecule has 1 aromatic carbocycles. The minimum Gasteiger partial charge on any atom is -0.342 e. The fraction of sp³-hybridized carbons (Fsp3) is 0.455. The fourth-order valence-electron chi connectivity index (χ4n) is 3.73. The van der Waals surface area contributed by atoms with Crippen LogP contribution in [0.1, 0.15) is 42.4 Å². The van der Waals surface area contributed by atoms with E-state index in [1.807, 2.05) is 18.3 Å². The number of aromatic nitrogens is 1. The summed E-state index contributed by atoms with van der Waals surface area (Å²) in [5, 5.41) is 0. The molecule has 2 aromatic rings. The Kier molecular flexibility index (Phi) is 6.21. The van der Waals surface area contributed by atoms with Crippen LogP contribution < -0.4 is 0 Å². The number of aryl methyl sites for hydroxylation is 3. The molecule has 2 heterocycles. The Labute approximate surface area is 151 Å². The highest BCUT2D eigenvalue weighted by molar-refractivity contribution is 5.76. The van der Waals surface area contributed by atoms with Gasteiger partial charge in [-0.1, -0.05) is 30.3 Å². The number of pyridine rings is 1. The summed E-state index contributed by atoms with van der Waals surface area (Å²) < 4.78 is 0. The van der Waals surface area contributed by atoms with Crippen molar-refractivity contribution in [2.75, 3.05) is 13.1 Å². The lowest BCUT2D eigenvalue weighted by atomic mass is 9.90. The van der Waals surface area contributed by atoms with E-state index in [4.69, 9.17) is 0 Å². The Morgan fingerprint density at radius 2 is 2.08 bits per heavy atom. The maximum atomic E-state index is 12.6. The molecular weight excluding hydrogens is 308 g/mol. The van der Waals surface area contributed by atoms with Crippen LogP contribution in [0.3, 0.4) is 0 Å². The van der Waals surface area contributed by atoms with Crippen molar-refractivity contribution < 1.29 is 4.79 Å². The molecule has 1 aliphatic heterocycles. The number of carbonyl (C=O) groups is 1. The third-order valence-corrected chi connectivity index (χ3v) is 5.31. The van der Waals surface area contributed by atoms with Crippen LogP contribution in [0, 0.1) is 12.8 Å². The zero-order chi connectivity index (χ0) is 17.5. The van der Waals surface area contributed by atoms with Gasteiger partial charge >= 0.3 is 0 Å². The molecule has 1 amide bonds. The molecule has 0 aliphatic carbocycles. The standard InChI is InChI=1S/C22H28N2O/c1-18-6-2-3-9-21(18)12-10-20-8-5-15-24(17-20)22(25)13-11-19-7-4-14-23-16-19/h2-4,6-7,9,14,16,20H,5,8,10-13,15,17H2,1H3/t20-/m0/s1. The van der Waals surface area contributed by atoms with Crippen molar-refractivity contribution in [3.8, 4) is 0 Å². The second-order valence-electron chi connectivity index (χ2n) is 7.17. The van der Waals surface area contributed by atoms with E-state index in [0.717, 1.165) is 37.9 Å². The molecule has 3 rings (SSSR count). The number of carbonyl (C=O) groups excluding carboxylic acids is 1. The highest BCUT2D eigenvalue weighted by Gasteiger charge is 2.23. The summed E-state index contributed by atoms with van der Waals surface area (Å²) in [7, 11) is 0. The predicted octanol–water partition coefficient (Wildman–Crippen LogP) is 4.19. The SMILES string of the molecule is Cc1ccccc1CC[C@@H]1CCCN(C(=O)CCc2cccnc2)C1. The summed E-state index contributed by atoms with van der Waals surface area (Å²) in [5.41, 5.74) is 3.97. The van der Waals surface area contributed by atoms with Crippen molar-refractivity contribution in [3.05, 3.63) is 65.5 Å². The predicted molar refractivity (Wildman–Crippen MR) is 101 cm³/mol. The monoisotopic (exact) mass is 336 g/mol. The molecule has 0 bridgehead atoms. The highest BCUT2D eigenvalue weighted by atomic mass is 16.2. The summed E-state index contributed by atoms with van der Waals surface area (Å²) in [5.74, 6) is 0.931. The average molecular weight is 336 g/mol. The molecule has 0 saturated carbocycles. The molecule has 1 aromatic heterocycles. The van der Waals surface area contributed by atoms with E-state index in [2.05, 4.69) is 41.1 Å². The molecule has 0 spiro atoms. The number of hydrogen-bond donors (Lipinski definition) is 0. The Balaban J connectivity index is 1.47. The van der Waals surface area contributed by atoms with Gasteiger partial charge in [0.1, 0.15) is 0 Å². The lowest BCUT2D eigenvalue weighted by Crippen LogP contribution is -2.40. The molecule has 0 unspecified atom stereocenters. The summed E-state index contributed by atoms with van der Waals surface area (Å²) in [6.45, 7) is 4.04. The van der Waals surface area contributed by atoms with Crippen molar-refractivity contribution >= 4 is 5.91 Å². The van der Waals surface area contributed by atoms with Crippen molar-refractivity contribution in [1.82, 2.24) is 9.88 Å². The normalized spacial score (nSPS) is 17.5. The van der Waals surface area contributed by atoms with Crippen LogP contribution in [0.2, 0.25) is 0 Å². The minimum atomic E-state index is 0.296. The van der Waals surface area contributed by atoms with Gasteiger partial charge in [0.05, 0.1) is 0 Å². The smallest absolute Gasteiger partial charge is 0.222 e. The van der Waals surface area contributed by atoms with Crippen LogP contribution in [-0.4, -0.2) is 28.9 Å². The first-order valence-corrected chi connectivity index (χ1v) is 9.43. The molecule has 0 N–H and O–H groups in total. The maximum Gasteiger partial charge on any atom is 0.222 e. The fourth-order valence-corrected chi connectivity index (χ4v) is 3.73. The van der Waals surface area contributed by atoms with Gasteiger partial charge in [0, 0.05) is 31.9 Å². The van der Waals surface area contributed by atoms with Gasteiger partial charge in [-0.3, -0.25) is 9.78 Å². The van der Waals surface area contributed by atoms with E-state index < -0.39 is 0 Å². The summed E-state index contributed by atoms with van der Waals surface area (Å²) in [6, 6.07) is 12.6. The summed E-state index contributed by atoms with van der Waals surface area (Å²) in [6.07, 6.45) is 9.69. The third kappa shape index (κ3) is 5.15. The van der Waals surface area contributed by atoms with E-state index in [1.54, 1.807) is 6.20 Å². The largest absolute Gasteiger partial charge is 0.342 e. The van der Waals surface area contributed by atoms with Crippen molar-refractivity contribution in [3.63, 3.8) is 0 Å². The number of piperidine rings is 1. The number of likely N-dealkylation sites (tertiary alicyclic amines) is 1. The maximum absolute atomic E-state index is 12.6. The number of hydrogen-bond acceptors (Lipinski definition) is 2. The first-order chi connectivity index (χ1) is 12.2. The zero-order valence-electron chi connectivity index (χ0n) is 15.2. The quantitative estimate of drug-likeness (QED) is 0.792. The van der Waals surface area contributed by atoms with Gasteiger partial charge in [0.2, 0.25) is 5.91 Å². The van der Waals surface area contributed by atoms with Crippen LogP contribution >= 0.6 is 0 Å². The van der Waals surface area contributed by atoms with E-state index >= 15 is 0 Å². The van der Waals surface area contributed by atoms with Crippen LogP contribution in [0.15, 0.2) is 48.8 Å². The minimum absolute atomic E-state index is 0.296. The van der Waals surface area contributed by atoms with E-state index in [1.165, 1.54) is 24.0 Å². The topological polar surface area (TPSA) is 33.2 Å². The van der Waals surface area contributed by atoms with Crippen LogP contribution in [0.25, 0.3) is 0 Å². The van der Waals surface area contributed by atoms with Gasteiger partial charge < -0.3 is 4.90 Å². The first-order valence-electron chi connectivity index (χ1n) is 9.43. The van der Waals surface area contributed by atoms with E-state index in [0.29, 0.717) is 18.2 Å². The second kappa shape index (κ2) is 8.80. The molecule has 1 aliphatic rings. The summed E-state index contributed by atoms with van der Waals surface area (Å²) in [4.78, 5) is 18.8. The number of benzene rings is 1. The summed E-state index contributed by atoms with van der Waals surface area (Å²) >= 11 is 0. The molecule has 1 saturated heterocycles. The highest BCUT2D eigenvalue weighted by Crippen LogP contribution is 2.23. The lowest BCUT2D eigenvalue weighted by molar-refractivity contribution is -0.133. The second-order valence-corrected chi connectivity index (χ2v) is 7.17. The average Bonchev–Trinajstić information content (AvgIpc) is 2.66. The van der Waals surface area contributed by atoms with Crippen LogP contribution in [0.4, 0.5) is 0 Å². The Bertz CT molecular complexity index is 683. The Morgan fingerprint density at radius 3 is 2.88 bits per heavy atom. The van der Waals surface area contributed by atoms with Gasteiger partial charge in [0.25, 0.3) is 0 Å². The Hall–Kier alpha value is -2.16. The lowest BCUT2D eigenvalue weighted by Gasteiger charge is -2.33. The number of amides is 1. The van der Waals surface area contributed by atoms with Gasteiger partial charge in [-0.25, -0.2) is 0 Å². The van der Waals surface area contributed by atoms with Crippen molar-refractivity contribution in [2.24, 2.45) is 5.92 Å². The van der Waals surface area contributed by atoms with Crippen molar-refractivity contribution in [2.45, 2.75) is 45.4 Å². The number of nitrogens with zero attached hydrogens (tertiary/aromatic N) is 2. The first kappa shape index (κ1) is 17.7. The molecular formula is C22H28N2O. The molecule has 132 valence electrons. The van der Waals surface area contributed by atoms with E-state index in [9.17, 15) is 4.79 Å². The molecule has 1 atom stereocenters. The molecule has 3 nitrogen and oxygen atoms in total. The van der Waals surface area contributed by atoms with Gasteiger partial charge in [-0.05, 0) is 67.7 Å². The van der Waals surface area contributed by atoms with Gasteiger partial charge in [-0.2, -0.15) is 0 Å². The molecule has 0 radical (unpaired) electrons. The molecule has 3 heteroatoms. The van der Waals surface area contributed by atoms with Gasteiger partial charge in [0.15, 0.2) is 0 Å². The van der Waals surface area contributed by atoms with Crippen molar-refractivity contribution in [1.29, 1.82) is 0 Å². The van der Waals surface area contributed by atoms with E-state index in [-0.39, 0.29) is 0 Å². The van der Waals surface area contributed by atoms with Crippen LogP contribution in [0.5, 0.6) is 0 Å².